The summed E-state index contributed by atoms with van der Waals surface area (Å²) in [5.74, 6) is 0.558. The molecule has 0 aliphatic carbocycles. The molecule has 0 unspecified atom stereocenters. The van der Waals surface area contributed by atoms with Crippen LogP contribution < -0.4 is 9.50 Å². The van der Waals surface area contributed by atoms with Crippen LogP contribution >= 0.6 is 0 Å². The third kappa shape index (κ3) is 6.88. The van der Waals surface area contributed by atoms with E-state index in [0.29, 0.717) is 19.0 Å². The molecule has 0 atom stereocenters. The summed E-state index contributed by atoms with van der Waals surface area (Å²) >= 11 is 0. The summed E-state index contributed by atoms with van der Waals surface area (Å²) in [6.45, 7) is 7.18. The zero-order chi connectivity index (χ0) is 20.7. The van der Waals surface area contributed by atoms with Crippen LogP contribution in [0.3, 0.4) is 0 Å². The van der Waals surface area contributed by atoms with Gasteiger partial charge in [0.15, 0.2) is 0 Å². The second kappa shape index (κ2) is 9.59. The van der Waals surface area contributed by atoms with E-state index in [1.165, 1.54) is 0 Å². The fraction of sp³-hybridized carbons (Fsp3) is 0.381. The molecule has 152 valence electrons. The highest BCUT2D eigenvalue weighted by Crippen LogP contribution is 2.19. The van der Waals surface area contributed by atoms with Crippen molar-refractivity contribution in [2.24, 2.45) is 5.92 Å². The Balaban J connectivity index is 2.13. The number of hydrogen-bond acceptors (Lipinski definition) is 4. The smallest absolute Gasteiger partial charge is 0.322 e. The number of hydrogen-bond donors (Lipinski definition) is 1. The van der Waals surface area contributed by atoms with E-state index in [1.807, 2.05) is 24.3 Å². The monoisotopic (exact) mass is 404 g/mol. The minimum atomic E-state index is -3.56. The van der Waals surface area contributed by atoms with Crippen molar-refractivity contribution in [1.82, 2.24) is 4.90 Å². The van der Waals surface area contributed by atoms with E-state index in [-0.39, 0.29) is 11.8 Å². The van der Waals surface area contributed by atoms with Crippen molar-refractivity contribution in [3.8, 4) is 5.75 Å². The lowest BCUT2D eigenvalue weighted by Gasteiger charge is -2.25. The third-order valence-corrected chi connectivity index (χ3v) is 4.55. The minimum absolute atomic E-state index is 0.161. The van der Waals surface area contributed by atoms with E-state index in [9.17, 15) is 13.2 Å². The van der Waals surface area contributed by atoms with Crippen molar-refractivity contribution in [1.29, 1.82) is 0 Å². The molecule has 2 aromatic rings. The van der Waals surface area contributed by atoms with E-state index in [2.05, 4.69) is 26.1 Å². The first kappa shape index (κ1) is 21.8. The van der Waals surface area contributed by atoms with Crippen LogP contribution in [0.2, 0.25) is 0 Å². The molecule has 2 amide bonds. The van der Waals surface area contributed by atoms with Gasteiger partial charge in [-0.2, -0.15) is 8.42 Å². The Morgan fingerprint density at radius 2 is 1.75 bits per heavy atom. The summed E-state index contributed by atoms with van der Waals surface area (Å²) in [7, 11) is -3.56. The minimum Gasteiger partial charge on any atom is -0.383 e. The summed E-state index contributed by atoms with van der Waals surface area (Å²) in [5, 5.41) is 3.01. The summed E-state index contributed by atoms with van der Waals surface area (Å²) in [5.41, 5.74) is 2.80. The van der Waals surface area contributed by atoms with Gasteiger partial charge in [-0.05, 0) is 41.7 Å². The van der Waals surface area contributed by atoms with Crippen LogP contribution in [0.25, 0.3) is 0 Å². The average Bonchev–Trinajstić information content (AvgIpc) is 2.61. The summed E-state index contributed by atoms with van der Waals surface area (Å²) in [4.78, 5) is 14.6. The van der Waals surface area contributed by atoms with E-state index in [4.69, 9.17) is 4.18 Å². The second-order valence-corrected chi connectivity index (χ2v) is 8.72. The van der Waals surface area contributed by atoms with Crippen molar-refractivity contribution in [2.45, 2.75) is 33.7 Å². The van der Waals surface area contributed by atoms with Gasteiger partial charge in [-0.1, -0.05) is 51.1 Å². The number of carbonyl (C=O) groups is 1. The molecule has 0 saturated carbocycles. The lowest BCUT2D eigenvalue weighted by molar-refractivity contribution is 0.201. The Morgan fingerprint density at radius 1 is 1.11 bits per heavy atom. The fourth-order valence-corrected chi connectivity index (χ4v) is 3.31. The molecule has 0 aliphatic heterocycles. The van der Waals surface area contributed by atoms with Crippen LogP contribution in [0.15, 0.2) is 48.5 Å². The van der Waals surface area contributed by atoms with E-state index < -0.39 is 10.1 Å². The number of benzene rings is 2. The molecule has 0 aliphatic rings. The predicted octanol–water partition coefficient (Wildman–Crippen LogP) is 4.28. The van der Waals surface area contributed by atoms with Gasteiger partial charge in [0.05, 0.1) is 6.26 Å². The van der Waals surface area contributed by atoms with Gasteiger partial charge in [-0.25, -0.2) is 4.79 Å². The normalized spacial score (nSPS) is 11.3. The molecule has 0 fully saturated rings. The summed E-state index contributed by atoms with van der Waals surface area (Å²) in [6, 6.07) is 14.3. The molecule has 1 N–H and O–H groups in total. The van der Waals surface area contributed by atoms with Gasteiger partial charge in [-0.15, -0.1) is 0 Å². The topological polar surface area (TPSA) is 75.7 Å². The van der Waals surface area contributed by atoms with Crippen LogP contribution in [0.4, 0.5) is 10.5 Å². The van der Waals surface area contributed by atoms with Gasteiger partial charge >= 0.3 is 16.1 Å². The number of nitrogens with one attached hydrogen (secondary N) is 1. The predicted molar refractivity (Wildman–Crippen MR) is 112 cm³/mol. The zero-order valence-corrected chi connectivity index (χ0v) is 17.6. The molecule has 0 saturated heterocycles. The van der Waals surface area contributed by atoms with Gasteiger partial charge in [0, 0.05) is 18.8 Å². The first-order valence-electron chi connectivity index (χ1n) is 9.30. The first-order valence-corrected chi connectivity index (χ1v) is 11.1. The molecule has 2 aromatic carbocycles. The molecule has 6 nitrogen and oxygen atoms in total. The van der Waals surface area contributed by atoms with Gasteiger partial charge in [-0.3, -0.25) is 0 Å². The fourth-order valence-electron chi connectivity index (χ4n) is 2.85. The van der Waals surface area contributed by atoms with Crippen molar-refractivity contribution in [3.05, 3.63) is 59.7 Å². The number of nitrogens with zero attached hydrogens (tertiary/aromatic N) is 1. The molecule has 7 heteroatoms. The molecule has 0 spiro atoms. The van der Waals surface area contributed by atoms with Crippen LogP contribution in [-0.4, -0.2) is 32.1 Å². The largest absolute Gasteiger partial charge is 0.383 e. The maximum atomic E-state index is 12.9. The lowest BCUT2D eigenvalue weighted by Crippen LogP contribution is -2.37. The zero-order valence-electron chi connectivity index (χ0n) is 16.8. The number of amides is 2. The van der Waals surface area contributed by atoms with Crippen molar-refractivity contribution < 1.29 is 17.4 Å². The number of aryl methyl sites for hydroxylation is 1. The van der Waals surface area contributed by atoms with Crippen LogP contribution in [0.5, 0.6) is 5.75 Å². The highest BCUT2D eigenvalue weighted by Gasteiger charge is 2.17. The van der Waals surface area contributed by atoms with E-state index in [1.54, 1.807) is 29.2 Å². The molecule has 0 heterocycles. The summed E-state index contributed by atoms with van der Waals surface area (Å²) < 4.78 is 27.3. The number of anilines is 1. The van der Waals surface area contributed by atoms with Crippen LogP contribution in [-0.2, 0) is 23.1 Å². The number of rotatable bonds is 8. The van der Waals surface area contributed by atoms with Crippen molar-refractivity contribution >= 4 is 21.8 Å². The van der Waals surface area contributed by atoms with E-state index >= 15 is 0 Å². The number of urea groups is 1. The molecule has 28 heavy (non-hydrogen) atoms. The quantitative estimate of drug-likeness (QED) is 0.667. The third-order valence-electron chi connectivity index (χ3n) is 4.06. The molecule has 0 radical (unpaired) electrons. The second-order valence-electron chi connectivity index (χ2n) is 7.15. The van der Waals surface area contributed by atoms with Crippen molar-refractivity contribution in [3.63, 3.8) is 0 Å². The average molecular weight is 405 g/mol. The maximum absolute atomic E-state index is 12.9. The van der Waals surface area contributed by atoms with Gasteiger partial charge in [0.1, 0.15) is 5.75 Å². The van der Waals surface area contributed by atoms with Gasteiger partial charge in [0.25, 0.3) is 0 Å². The molecule has 0 aromatic heterocycles. The molecular weight excluding hydrogens is 376 g/mol. The van der Waals surface area contributed by atoms with Crippen molar-refractivity contribution in [2.75, 3.05) is 18.1 Å². The number of carbonyl (C=O) groups excluding carboxylic acids is 1. The van der Waals surface area contributed by atoms with Crippen LogP contribution in [0, 0.1) is 5.92 Å². The lowest BCUT2D eigenvalue weighted by atomic mass is 10.1. The molecule has 0 bridgehead atoms. The Morgan fingerprint density at radius 3 is 2.32 bits per heavy atom. The molecular formula is C21H28N2O4S. The first-order chi connectivity index (χ1) is 13.2. The maximum Gasteiger partial charge on any atom is 0.322 e. The van der Waals surface area contributed by atoms with Gasteiger partial charge < -0.3 is 14.4 Å². The Bertz CT molecular complexity index is 893. The highest BCUT2D eigenvalue weighted by molar-refractivity contribution is 7.86. The Labute approximate surface area is 167 Å². The Hall–Kier alpha value is -2.54. The number of para-hydroxylation sites is 1. The SMILES string of the molecule is CCc1ccccc1NC(=O)N(Cc1ccc(OS(C)(=O)=O)cc1)CC(C)C. The van der Waals surface area contributed by atoms with E-state index in [0.717, 1.165) is 29.5 Å². The van der Waals surface area contributed by atoms with Gasteiger partial charge in [0.2, 0.25) is 0 Å². The summed E-state index contributed by atoms with van der Waals surface area (Å²) in [6.07, 6.45) is 1.84. The van der Waals surface area contributed by atoms with Crippen LogP contribution in [0.1, 0.15) is 31.9 Å². The highest BCUT2D eigenvalue weighted by atomic mass is 32.2. The Kier molecular flexibility index (Phi) is 7.45. The molecule has 2 rings (SSSR count). The standard InChI is InChI=1S/C21H28N2O4S/c1-5-18-8-6-7-9-20(18)22-21(24)23(14-16(2)3)15-17-10-12-19(13-11-17)27-28(4,25)26/h6-13,16H,5,14-15H2,1-4H3,(H,22,24).